The lowest BCUT2D eigenvalue weighted by atomic mass is 9.94. The molecule has 0 saturated carbocycles. The molecule has 18 heavy (non-hydrogen) atoms. The fraction of sp³-hybridized carbons (Fsp3) is 0.571. The minimum Gasteiger partial charge on any atom is -0.380 e. The van der Waals surface area contributed by atoms with Crippen molar-refractivity contribution in [3.63, 3.8) is 0 Å². The van der Waals surface area contributed by atoms with Crippen LogP contribution in [0.2, 0.25) is 0 Å². The van der Waals surface area contributed by atoms with E-state index in [9.17, 15) is 4.39 Å². The Bertz CT molecular complexity index is 384. The molecule has 2 unspecified atom stereocenters. The van der Waals surface area contributed by atoms with Gasteiger partial charge >= 0.3 is 0 Å². The van der Waals surface area contributed by atoms with Crippen LogP contribution in [0.4, 0.5) is 4.39 Å². The van der Waals surface area contributed by atoms with Crippen LogP contribution in [0.3, 0.4) is 0 Å². The number of benzene rings is 1. The second-order valence-corrected chi connectivity index (χ2v) is 5.65. The molecule has 102 valence electrons. The molecule has 1 aromatic carbocycles. The SMILES string of the molecule is CNC(Cc1ccc(F)c(Br)c1)C(OC)C(C)C. The molecule has 0 amide bonds. The van der Waals surface area contributed by atoms with Crippen molar-refractivity contribution in [3.8, 4) is 0 Å². The summed E-state index contributed by atoms with van der Waals surface area (Å²) in [5.41, 5.74) is 1.09. The van der Waals surface area contributed by atoms with Crippen LogP contribution in [0.15, 0.2) is 22.7 Å². The fourth-order valence-corrected chi connectivity index (χ4v) is 2.63. The van der Waals surface area contributed by atoms with Crippen LogP contribution in [0.25, 0.3) is 0 Å². The quantitative estimate of drug-likeness (QED) is 0.868. The normalized spacial score (nSPS) is 14.8. The Morgan fingerprint density at radius 3 is 2.50 bits per heavy atom. The summed E-state index contributed by atoms with van der Waals surface area (Å²) in [5, 5.41) is 3.28. The highest BCUT2D eigenvalue weighted by Crippen LogP contribution is 2.20. The maximum absolute atomic E-state index is 13.2. The molecule has 0 aliphatic rings. The van der Waals surface area contributed by atoms with Gasteiger partial charge in [-0.15, -0.1) is 0 Å². The van der Waals surface area contributed by atoms with E-state index in [2.05, 4.69) is 35.1 Å². The monoisotopic (exact) mass is 317 g/mol. The Morgan fingerprint density at radius 2 is 2.06 bits per heavy atom. The largest absolute Gasteiger partial charge is 0.380 e. The molecule has 0 fully saturated rings. The zero-order chi connectivity index (χ0) is 13.7. The van der Waals surface area contributed by atoms with E-state index in [4.69, 9.17) is 4.74 Å². The molecule has 0 bridgehead atoms. The molecule has 4 heteroatoms. The summed E-state index contributed by atoms with van der Waals surface area (Å²) >= 11 is 3.21. The first-order chi connectivity index (χ1) is 8.49. The molecule has 0 aliphatic heterocycles. The molecule has 0 heterocycles. The van der Waals surface area contributed by atoms with Crippen LogP contribution in [0.5, 0.6) is 0 Å². The number of halogens is 2. The van der Waals surface area contributed by atoms with Gasteiger partial charge in [-0.1, -0.05) is 19.9 Å². The number of hydrogen-bond acceptors (Lipinski definition) is 2. The van der Waals surface area contributed by atoms with Crippen molar-refractivity contribution in [1.82, 2.24) is 5.32 Å². The highest BCUT2D eigenvalue weighted by molar-refractivity contribution is 9.10. The van der Waals surface area contributed by atoms with Crippen LogP contribution in [-0.4, -0.2) is 26.3 Å². The van der Waals surface area contributed by atoms with Crippen LogP contribution >= 0.6 is 15.9 Å². The summed E-state index contributed by atoms with van der Waals surface area (Å²) in [6.07, 6.45) is 0.949. The third kappa shape index (κ3) is 4.04. The maximum Gasteiger partial charge on any atom is 0.137 e. The first-order valence-electron chi connectivity index (χ1n) is 6.13. The van der Waals surface area contributed by atoms with E-state index in [1.165, 1.54) is 6.07 Å². The summed E-state index contributed by atoms with van der Waals surface area (Å²) in [7, 11) is 3.66. The van der Waals surface area contributed by atoms with E-state index >= 15 is 0 Å². The summed E-state index contributed by atoms with van der Waals surface area (Å²) in [6.45, 7) is 4.28. The molecular weight excluding hydrogens is 297 g/mol. The number of methoxy groups -OCH3 is 1. The van der Waals surface area contributed by atoms with Crippen molar-refractivity contribution in [2.75, 3.05) is 14.2 Å². The van der Waals surface area contributed by atoms with Crippen LogP contribution < -0.4 is 5.32 Å². The summed E-state index contributed by atoms with van der Waals surface area (Å²) < 4.78 is 19.2. The smallest absolute Gasteiger partial charge is 0.137 e. The maximum atomic E-state index is 13.2. The molecule has 1 N–H and O–H groups in total. The van der Waals surface area contributed by atoms with Gasteiger partial charge < -0.3 is 10.1 Å². The number of likely N-dealkylation sites (N-methyl/N-ethyl adjacent to an activating group) is 1. The first kappa shape index (κ1) is 15.6. The Balaban J connectivity index is 2.81. The van der Waals surface area contributed by atoms with Crippen LogP contribution in [-0.2, 0) is 11.2 Å². The first-order valence-corrected chi connectivity index (χ1v) is 6.92. The van der Waals surface area contributed by atoms with Gasteiger partial charge in [0.1, 0.15) is 5.82 Å². The average molecular weight is 318 g/mol. The predicted molar refractivity (Wildman–Crippen MR) is 76.3 cm³/mol. The van der Waals surface area contributed by atoms with Gasteiger partial charge in [-0.2, -0.15) is 0 Å². The lowest BCUT2D eigenvalue weighted by Crippen LogP contribution is -2.43. The van der Waals surface area contributed by atoms with Gasteiger partial charge in [0.15, 0.2) is 0 Å². The van der Waals surface area contributed by atoms with Gasteiger partial charge in [-0.25, -0.2) is 4.39 Å². The minimum atomic E-state index is -0.230. The van der Waals surface area contributed by atoms with Crippen molar-refractivity contribution in [2.45, 2.75) is 32.4 Å². The van der Waals surface area contributed by atoms with E-state index < -0.39 is 0 Å². The molecule has 1 aromatic rings. The molecular formula is C14H21BrFNO. The topological polar surface area (TPSA) is 21.3 Å². The lowest BCUT2D eigenvalue weighted by molar-refractivity contribution is 0.0354. The van der Waals surface area contributed by atoms with Gasteiger partial charge in [-0.3, -0.25) is 0 Å². The molecule has 0 saturated heterocycles. The Labute approximate surface area is 117 Å². The zero-order valence-corrected chi connectivity index (χ0v) is 12.9. The molecule has 0 aromatic heterocycles. The highest BCUT2D eigenvalue weighted by Gasteiger charge is 2.23. The molecule has 1 rings (SSSR count). The van der Waals surface area contributed by atoms with Crippen molar-refractivity contribution < 1.29 is 9.13 Å². The second-order valence-electron chi connectivity index (χ2n) is 4.79. The van der Waals surface area contributed by atoms with Crippen molar-refractivity contribution >= 4 is 15.9 Å². The average Bonchev–Trinajstić information content (AvgIpc) is 2.33. The highest BCUT2D eigenvalue weighted by atomic mass is 79.9. The van der Waals surface area contributed by atoms with Crippen molar-refractivity contribution in [1.29, 1.82) is 0 Å². The van der Waals surface area contributed by atoms with Crippen LogP contribution in [0, 0.1) is 11.7 Å². The van der Waals surface area contributed by atoms with Gasteiger partial charge in [0.05, 0.1) is 10.6 Å². The molecule has 2 atom stereocenters. The van der Waals surface area contributed by atoms with E-state index in [0.29, 0.717) is 10.4 Å². The predicted octanol–water partition coefficient (Wildman–Crippen LogP) is 3.39. The van der Waals surface area contributed by atoms with Gasteiger partial charge in [-0.05, 0) is 53.0 Å². The molecule has 0 spiro atoms. The Hall–Kier alpha value is -0.450. The van der Waals surface area contributed by atoms with E-state index in [1.807, 2.05) is 19.2 Å². The molecule has 2 nitrogen and oxygen atoms in total. The fourth-order valence-electron chi connectivity index (χ4n) is 2.20. The third-order valence-corrected chi connectivity index (χ3v) is 3.74. The Morgan fingerprint density at radius 1 is 1.39 bits per heavy atom. The number of ether oxygens (including phenoxy) is 1. The summed E-state index contributed by atoms with van der Waals surface area (Å²) in [6, 6.07) is 5.35. The zero-order valence-electron chi connectivity index (χ0n) is 11.3. The van der Waals surface area contributed by atoms with Crippen LogP contribution in [0.1, 0.15) is 19.4 Å². The molecule has 0 radical (unpaired) electrons. The molecule has 0 aliphatic carbocycles. The van der Waals surface area contributed by atoms with E-state index in [1.54, 1.807) is 7.11 Å². The van der Waals surface area contributed by atoms with E-state index in [0.717, 1.165) is 12.0 Å². The van der Waals surface area contributed by atoms with Gasteiger partial charge in [0.2, 0.25) is 0 Å². The minimum absolute atomic E-state index is 0.138. The number of hydrogen-bond donors (Lipinski definition) is 1. The Kier molecular flexibility index (Phi) is 6.26. The van der Waals surface area contributed by atoms with Crippen molar-refractivity contribution in [2.24, 2.45) is 5.92 Å². The van der Waals surface area contributed by atoms with E-state index in [-0.39, 0.29) is 18.0 Å². The third-order valence-electron chi connectivity index (χ3n) is 3.14. The summed E-state index contributed by atoms with van der Waals surface area (Å²) in [4.78, 5) is 0. The number of nitrogens with one attached hydrogen (secondary N) is 1. The van der Waals surface area contributed by atoms with Gasteiger partial charge in [0.25, 0.3) is 0 Å². The van der Waals surface area contributed by atoms with Crippen molar-refractivity contribution in [3.05, 3.63) is 34.1 Å². The number of rotatable bonds is 6. The standard InChI is InChI=1S/C14H21BrFNO/c1-9(2)14(18-4)13(17-3)8-10-5-6-12(16)11(15)7-10/h5-7,9,13-14,17H,8H2,1-4H3. The summed E-state index contributed by atoms with van der Waals surface area (Å²) in [5.74, 6) is 0.197. The second kappa shape index (κ2) is 7.22. The van der Waals surface area contributed by atoms with Gasteiger partial charge in [0, 0.05) is 13.2 Å². The lowest BCUT2D eigenvalue weighted by Gasteiger charge is -2.29.